The molecule has 0 aromatic rings. The lowest BCUT2D eigenvalue weighted by Gasteiger charge is -2.11. The molecule has 0 spiro atoms. The van der Waals surface area contributed by atoms with E-state index < -0.39 is 0 Å². The van der Waals surface area contributed by atoms with Gasteiger partial charge in [-0.3, -0.25) is 0 Å². The van der Waals surface area contributed by atoms with Crippen molar-refractivity contribution in [1.82, 2.24) is 5.32 Å². The molecule has 110 valence electrons. The number of rotatable bonds is 14. The monoisotopic (exact) mass is 259 g/mol. The summed E-state index contributed by atoms with van der Waals surface area (Å²) in [5, 5.41) is 12.8. The molecule has 0 aromatic heterocycles. The van der Waals surface area contributed by atoms with Gasteiger partial charge in [0.05, 0.1) is 12.7 Å². The molecule has 0 saturated carbocycles. The summed E-state index contributed by atoms with van der Waals surface area (Å²) in [6, 6.07) is 0. The van der Waals surface area contributed by atoms with Crippen molar-refractivity contribution in [2.75, 3.05) is 26.3 Å². The average molecular weight is 259 g/mol. The lowest BCUT2D eigenvalue weighted by atomic mass is 10.1. The number of ether oxygens (including phenoxy) is 1. The third-order valence-corrected chi connectivity index (χ3v) is 3.01. The maximum absolute atomic E-state index is 9.59. The van der Waals surface area contributed by atoms with E-state index in [0.29, 0.717) is 13.2 Å². The molecule has 0 aromatic carbocycles. The Morgan fingerprint density at radius 1 is 0.944 bits per heavy atom. The summed E-state index contributed by atoms with van der Waals surface area (Å²) >= 11 is 0. The topological polar surface area (TPSA) is 41.5 Å². The first kappa shape index (κ1) is 17.9. The smallest absolute Gasteiger partial charge is 0.0897 e. The van der Waals surface area contributed by atoms with Crippen LogP contribution in [0.1, 0.15) is 65.2 Å². The molecule has 0 aliphatic rings. The lowest BCUT2D eigenvalue weighted by molar-refractivity contribution is 0.0355. The molecule has 18 heavy (non-hydrogen) atoms. The Morgan fingerprint density at radius 2 is 1.61 bits per heavy atom. The van der Waals surface area contributed by atoms with Gasteiger partial charge in [-0.15, -0.1) is 0 Å². The predicted molar refractivity (Wildman–Crippen MR) is 78.0 cm³/mol. The number of aliphatic hydroxyl groups is 1. The van der Waals surface area contributed by atoms with Gasteiger partial charge in [-0.1, -0.05) is 52.4 Å². The van der Waals surface area contributed by atoms with Crippen molar-refractivity contribution in [3.8, 4) is 0 Å². The van der Waals surface area contributed by atoms with E-state index in [-0.39, 0.29) is 6.10 Å². The van der Waals surface area contributed by atoms with Crippen LogP contribution in [-0.4, -0.2) is 37.5 Å². The Kier molecular flexibility index (Phi) is 14.8. The Labute approximate surface area is 113 Å². The molecular weight excluding hydrogens is 226 g/mol. The molecule has 3 heteroatoms. The van der Waals surface area contributed by atoms with Crippen LogP contribution >= 0.6 is 0 Å². The fraction of sp³-hybridized carbons (Fsp3) is 1.00. The number of aliphatic hydroxyl groups excluding tert-OH is 1. The molecule has 0 radical (unpaired) electrons. The first-order chi connectivity index (χ1) is 8.81. The zero-order valence-corrected chi connectivity index (χ0v) is 12.4. The number of nitrogens with one attached hydrogen (secondary N) is 1. The van der Waals surface area contributed by atoms with Gasteiger partial charge in [0, 0.05) is 13.2 Å². The average Bonchev–Trinajstić information content (AvgIpc) is 2.37. The van der Waals surface area contributed by atoms with Crippen LogP contribution in [0.2, 0.25) is 0 Å². The molecule has 0 heterocycles. The fourth-order valence-corrected chi connectivity index (χ4v) is 1.88. The van der Waals surface area contributed by atoms with Gasteiger partial charge in [0.15, 0.2) is 0 Å². The van der Waals surface area contributed by atoms with Crippen LogP contribution in [0.5, 0.6) is 0 Å². The Morgan fingerprint density at radius 3 is 2.28 bits per heavy atom. The third-order valence-electron chi connectivity index (χ3n) is 3.01. The maximum Gasteiger partial charge on any atom is 0.0897 e. The van der Waals surface area contributed by atoms with Gasteiger partial charge < -0.3 is 15.2 Å². The van der Waals surface area contributed by atoms with Crippen LogP contribution in [0.15, 0.2) is 0 Å². The Balaban J connectivity index is 3.05. The van der Waals surface area contributed by atoms with Crippen molar-refractivity contribution in [3.05, 3.63) is 0 Å². The van der Waals surface area contributed by atoms with Gasteiger partial charge in [-0.25, -0.2) is 0 Å². The van der Waals surface area contributed by atoms with Crippen LogP contribution < -0.4 is 5.32 Å². The van der Waals surface area contributed by atoms with Gasteiger partial charge in [0.2, 0.25) is 0 Å². The highest BCUT2D eigenvalue weighted by molar-refractivity contribution is 4.57. The van der Waals surface area contributed by atoms with Crippen molar-refractivity contribution in [2.45, 2.75) is 71.3 Å². The summed E-state index contributed by atoms with van der Waals surface area (Å²) in [4.78, 5) is 0. The van der Waals surface area contributed by atoms with E-state index in [2.05, 4.69) is 19.2 Å². The minimum atomic E-state index is -0.360. The number of unbranched alkanes of at least 4 members (excludes halogenated alkanes) is 6. The second-order valence-corrected chi connectivity index (χ2v) is 5.05. The van der Waals surface area contributed by atoms with Gasteiger partial charge in [-0.2, -0.15) is 0 Å². The molecule has 0 amide bonds. The molecule has 0 rings (SSSR count). The summed E-state index contributed by atoms with van der Waals surface area (Å²) in [6.45, 7) is 7.23. The zero-order chi connectivity index (χ0) is 13.5. The SMILES string of the molecule is CCCCCCCCCOCC(O)CNCCC. The highest BCUT2D eigenvalue weighted by Gasteiger charge is 2.02. The summed E-state index contributed by atoms with van der Waals surface area (Å²) < 4.78 is 5.46. The highest BCUT2D eigenvalue weighted by Crippen LogP contribution is 2.06. The van der Waals surface area contributed by atoms with Gasteiger partial charge in [-0.05, 0) is 19.4 Å². The quantitative estimate of drug-likeness (QED) is 0.471. The van der Waals surface area contributed by atoms with Crippen molar-refractivity contribution < 1.29 is 9.84 Å². The molecule has 0 bridgehead atoms. The number of hydrogen-bond acceptors (Lipinski definition) is 3. The van der Waals surface area contributed by atoms with E-state index in [4.69, 9.17) is 4.74 Å². The zero-order valence-electron chi connectivity index (χ0n) is 12.4. The maximum atomic E-state index is 9.59. The normalized spacial score (nSPS) is 12.8. The van der Waals surface area contributed by atoms with Gasteiger partial charge >= 0.3 is 0 Å². The van der Waals surface area contributed by atoms with Gasteiger partial charge in [0.1, 0.15) is 0 Å². The minimum Gasteiger partial charge on any atom is -0.389 e. The van der Waals surface area contributed by atoms with Crippen molar-refractivity contribution in [1.29, 1.82) is 0 Å². The largest absolute Gasteiger partial charge is 0.389 e. The highest BCUT2D eigenvalue weighted by atomic mass is 16.5. The van der Waals surface area contributed by atoms with E-state index in [9.17, 15) is 5.11 Å². The molecule has 0 saturated heterocycles. The molecule has 1 atom stereocenters. The first-order valence-corrected chi connectivity index (χ1v) is 7.77. The minimum absolute atomic E-state index is 0.360. The number of hydrogen-bond donors (Lipinski definition) is 2. The molecule has 0 aliphatic heterocycles. The molecule has 0 fully saturated rings. The van der Waals surface area contributed by atoms with Crippen LogP contribution in [0, 0.1) is 0 Å². The Hall–Kier alpha value is -0.120. The van der Waals surface area contributed by atoms with E-state index in [0.717, 1.165) is 26.0 Å². The second kappa shape index (κ2) is 14.9. The molecule has 2 N–H and O–H groups in total. The summed E-state index contributed by atoms with van der Waals surface area (Å²) in [6.07, 6.45) is 9.86. The van der Waals surface area contributed by atoms with E-state index in [1.165, 1.54) is 38.5 Å². The van der Waals surface area contributed by atoms with Crippen molar-refractivity contribution >= 4 is 0 Å². The second-order valence-electron chi connectivity index (χ2n) is 5.05. The molecular formula is C15H33NO2. The van der Waals surface area contributed by atoms with Crippen LogP contribution in [0.3, 0.4) is 0 Å². The summed E-state index contributed by atoms with van der Waals surface area (Å²) in [5.41, 5.74) is 0. The Bertz CT molecular complexity index is 153. The predicted octanol–water partition coefficient (Wildman–Crippen LogP) is 3.11. The van der Waals surface area contributed by atoms with Crippen LogP contribution in [0.4, 0.5) is 0 Å². The molecule has 3 nitrogen and oxygen atoms in total. The van der Waals surface area contributed by atoms with E-state index >= 15 is 0 Å². The van der Waals surface area contributed by atoms with E-state index in [1.807, 2.05) is 0 Å². The van der Waals surface area contributed by atoms with Crippen molar-refractivity contribution in [2.24, 2.45) is 0 Å². The van der Waals surface area contributed by atoms with Crippen molar-refractivity contribution in [3.63, 3.8) is 0 Å². The van der Waals surface area contributed by atoms with E-state index in [1.54, 1.807) is 0 Å². The first-order valence-electron chi connectivity index (χ1n) is 7.77. The fourth-order valence-electron chi connectivity index (χ4n) is 1.88. The van der Waals surface area contributed by atoms with Crippen LogP contribution in [0.25, 0.3) is 0 Å². The third kappa shape index (κ3) is 13.9. The standard InChI is InChI=1S/C15H33NO2/c1-3-5-6-7-8-9-10-12-18-14-15(17)13-16-11-4-2/h15-17H,3-14H2,1-2H3. The molecule has 1 unspecified atom stereocenters. The molecule has 0 aliphatic carbocycles. The lowest BCUT2D eigenvalue weighted by Crippen LogP contribution is -2.30. The van der Waals surface area contributed by atoms with Gasteiger partial charge in [0.25, 0.3) is 0 Å². The van der Waals surface area contributed by atoms with Crippen LogP contribution in [-0.2, 0) is 4.74 Å². The summed E-state index contributed by atoms with van der Waals surface area (Å²) in [5.74, 6) is 0. The summed E-state index contributed by atoms with van der Waals surface area (Å²) in [7, 11) is 0.